The molecule has 8 heteroatoms. The monoisotopic (exact) mass is 350 g/mol. The molecule has 0 spiro atoms. The molecular formula is C16H26N6OS. The number of hydrogen-bond donors (Lipinski definition) is 0. The van der Waals surface area contributed by atoms with Gasteiger partial charge in [-0.3, -0.25) is 4.90 Å². The largest absolute Gasteiger partial charge is 0.346 e. The summed E-state index contributed by atoms with van der Waals surface area (Å²) < 4.78 is 9.79. The molecule has 0 saturated carbocycles. The first-order chi connectivity index (χ1) is 11.5. The van der Waals surface area contributed by atoms with Crippen molar-refractivity contribution >= 4 is 16.7 Å². The lowest BCUT2D eigenvalue weighted by molar-refractivity contribution is 0.269. The Morgan fingerprint density at radius 3 is 2.58 bits per heavy atom. The summed E-state index contributed by atoms with van der Waals surface area (Å²) in [6, 6.07) is 0. The van der Waals surface area contributed by atoms with Gasteiger partial charge in [-0.15, -0.1) is 0 Å². The van der Waals surface area contributed by atoms with E-state index in [9.17, 15) is 0 Å². The first-order valence-electron chi connectivity index (χ1n) is 8.58. The highest BCUT2D eigenvalue weighted by Crippen LogP contribution is 2.21. The molecule has 1 aliphatic rings. The van der Waals surface area contributed by atoms with Crippen LogP contribution in [0.1, 0.15) is 51.7 Å². The van der Waals surface area contributed by atoms with Crippen LogP contribution in [0.15, 0.2) is 4.52 Å². The van der Waals surface area contributed by atoms with Crippen LogP contribution in [0.25, 0.3) is 0 Å². The molecule has 0 radical (unpaired) electrons. The van der Waals surface area contributed by atoms with E-state index < -0.39 is 0 Å². The summed E-state index contributed by atoms with van der Waals surface area (Å²) in [5.41, 5.74) is -0.102. The van der Waals surface area contributed by atoms with Gasteiger partial charge in [0, 0.05) is 49.5 Å². The predicted octanol–water partition coefficient (Wildman–Crippen LogP) is 2.49. The maximum absolute atomic E-state index is 5.39. The summed E-state index contributed by atoms with van der Waals surface area (Å²) >= 11 is 1.51. The van der Waals surface area contributed by atoms with Gasteiger partial charge in [0.05, 0.1) is 6.54 Å². The highest BCUT2D eigenvalue weighted by atomic mass is 32.1. The van der Waals surface area contributed by atoms with Crippen molar-refractivity contribution < 1.29 is 4.52 Å². The van der Waals surface area contributed by atoms with Crippen LogP contribution < -0.4 is 4.90 Å². The van der Waals surface area contributed by atoms with Gasteiger partial charge in [-0.1, -0.05) is 32.9 Å². The van der Waals surface area contributed by atoms with Crippen molar-refractivity contribution in [3.8, 4) is 0 Å². The molecule has 2 aromatic heterocycles. The van der Waals surface area contributed by atoms with Crippen molar-refractivity contribution in [2.45, 2.75) is 52.5 Å². The van der Waals surface area contributed by atoms with E-state index in [0.29, 0.717) is 5.89 Å². The number of nitrogens with zero attached hydrogens (tertiary/aromatic N) is 6. The van der Waals surface area contributed by atoms with E-state index in [1.807, 2.05) is 0 Å². The van der Waals surface area contributed by atoms with E-state index in [4.69, 9.17) is 4.52 Å². The summed E-state index contributed by atoms with van der Waals surface area (Å²) in [5, 5.41) is 5.18. The molecule has 1 aliphatic heterocycles. The number of aromatic nitrogens is 4. The van der Waals surface area contributed by atoms with Crippen LogP contribution in [-0.4, -0.2) is 50.6 Å². The van der Waals surface area contributed by atoms with Crippen LogP contribution in [0.3, 0.4) is 0 Å². The Morgan fingerprint density at radius 2 is 1.92 bits per heavy atom. The normalized spacial score (nSPS) is 17.2. The third-order valence-electron chi connectivity index (χ3n) is 4.11. The maximum atomic E-state index is 5.39. The Kier molecular flexibility index (Phi) is 5.15. The summed E-state index contributed by atoms with van der Waals surface area (Å²) in [6.45, 7) is 13.1. The number of aryl methyl sites for hydroxylation is 1. The van der Waals surface area contributed by atoms with E-state index in [1.54, 1.807) is 0 Å². The SMILES string of the molecule is CCc1nsc(N2CCCN(Cc3noc(C(C)(C)C)n3)CC2)n1. The van der Waals surface area contributed by atoms with Crippen molar-refractivity contribution in [3.05, 3.63) is 17.5 Å². The lowest BCUT2D eigenvalue weighted by atomic mass is 9.97. The molecule has 0 unspecified atom stereocenters. The van der Waals surface area contributed by atoms with Crippen molar-refractivity contribution in [3.63, 3.8) is 0 Å². The van der Waals surface area contributed by atoms with E-state index in [0.717, 1.165) is 62.3 Å². The zero-order chi connectivity index (χ0) is 17.2. The molecule has 1 saturated heterocycles. The van der Waals surface area contributed by atoms with E-state index >= 15 is 0 Å². The second-order valence-corrected chi connectivity index (χ2v) is 7.96. The van der Waals surface area contributed by atoms with Crippen molar-refractivity contribution in [2.75, 3.05) is 31.1 Å². The average molecular weight is 350 g/mol. The third-order valence-corrected chi connectivity index (χ3v) is 4.92. The van der Waals surface area contributed by atoms with Crippen LogP contribution in [0, 0.1) is 0 Å². The van der Waals surface area contributed by atoms with E-state index in [1.165, 1.54) is 11.5 Å². The van der Waals surface area contributed by atoms with Crippen LogP contribution in [0.2, 0.25) is 0 Å². The molecule has 0 N–H and O–H groups in total. The predicted molar refractivity (Wildman–Crippen MR) is 94.4 cm³/mol. The molecule has 0 aliphatic carbocycles. The molecule has 24 heavy (non-hydrogen) atoms. The molecule has 1 fully saturated rings. The molecule has 2 aromatic rings. The molecule has 0 atom stereocenters. The minimum absolute atomic E-state index is 0.102. The molecule has 3 heterocycles. The maximum Gasteiger partial charge on any atom is 0.232 e. The zero-order valence-electron chi connectivity index (χ0n) is 14.9. The fraction of sp³-hybridized carbons (Fsp3) is 0.750. The Labute approximate surface area is 147 Å². The standard InChI is InChI=1S/C16H26N6OS/c1-5-12-18-15(24-20-12)22-8-6-7-21(9-10-22)11-13-17-14(23-19-13)16(2,3)4/h5-11H2,1-4H3. The summed E-state index contributed by atoms with van der Waals surface area (Å²) in [4.78, 5) is 13.9. The first-order valence-corrected chi connectivity index (χ1v) is 9.36. The van der Waals surface area contributed by atoms with Crippen molar-refractivity contribution in [2.24, 2.45) is 0 Å². The summed E-state index contributed by atoms with van der Waals surface area (Å²) in [5.74, 6) is 2.42. The van der Waals surface area contributed by atoms with E-state index in [-0.39, 0.29) is 5.41 Å². The third kappa shape index (κ3) is 4.10. The fourth-order valence-corrected chi connectivity index (χ4v) is 3.46. The molecule has 0 aromatic carbocycles. The molecule has 0 amide bonds. The van der Waals surface area contributed by atoms with Gasteiger partial charge in [0.25, 0.3) is 0 Å². The quantitative estimate of drug-likeness (QED) is 0.839. The lowest BCUT2D eigenvalue weighted by Crippen LogP contribution is -2.30. The van der Waals surface area contributed by atoms with Gasteiger partial charge in [0.1, 0.15) is 5.82 Å². The van der Waals surface area contributed by atoms with Gasteiger partial charge in [0.2, 0.25) is 11.0 Å². The van der Waals surface area contributed by atoms with Gasteiger partial charge in [-0.05, 0) is 6.42 Å². The average Bonchev–Trinajstić information content (AvgIpc) is 3.13. The van der Waals surface area contributed by atoms with E-state index in [2.05, 4.69) is 57.0 Å². The zero-order valence-corrected chi connectivity index (χ0v) is 15.8. The second kappa shape index (κ2) is 7.14. The van der Waals surface area contributed by atoms with Crippen molar-refractivity contribution in [1.82, 2.24) is 24.4 Å². The topological polar surface area (TPSA) is 71.2 Å². The van der Waals surface area contributed by atoms with Crippen LogP contribution in [0.4, 0.5) is 5.13 Å². The number of anilines is 1. The van der Waals surface area contributed by atoms with Crippen LogP contribution in [0.5, 0.6) is 0 Å². The van der Waals surface area contributed by atoms with Gasteiger partial charge in [-0.2, -0.15) is 9.36 Å². The highest BCUT2D eigenvalue weighted by molar-refractivity contribution is 7.09. The lowest BCUT2D eigenvalue weighted by Gasteiger charge is -2.20. The van der Waals surface area contributed by atoms with Gasteiger partial charge < -0.3 is 9.42 Å². The van der Waals surface area contributed by atoms with Gasteiger partial charge >= 0.3 is 0 Å². The molecule has 7 nitrogen and oxygen atoms in total. The minimum Gasteiger partial charge on any atom is -0.346 e. The molecule has 3 rings (SSSR count). The molecule has 132 valence electrons. The Hall–Kier alpha value is -1.54. The first kappa shape index (κ1) is 17.3. The van der Waals surface area contributed by atoms with Crippen molar-refractivity contribution in [1.29, 1.82) is 0 Å². The van der Waals surface area contributed by atoms with Gasteiger partial charge in [0.15, 0.2) is 5.82 Å². The fourth-order valence-electron chi connectivity index (χ4n) is 2.66. The Balaban J connectivity index is 1.58. The Bertz CT molecular complexity index is 662. The number of hydrogen-bond acceptors (Lipinski definition) is 8. The second-order valence-electron chi connectivity index (χ2n) is 7.23. The minimum atomic E-state index is -0.102. The van der Waals surface area contributed by atoms with Crippen LogP contribution >= 0.6 is 11.5 Å². The van der Waals surface area contributed by atoms with Gasteiger partial charge in [-0.25, -0.2) is 4.98 Å². The number of rotatable bonds is 4. The summed E-state index contributed by atoms with van der Waals surface area (Å²) in [6.07, 6.45) is 2.00. The summed E-state index contributed by atoms with van der Waals surface area (Å²) in [7, 11) is 0. The molecule has 0 bridgehead atoms. The van der Waals surface area contributed by atoms with Crippen LogP contribution in [-0.2, 0) is 18.4 Å². The highest BCUT2D eigenvalue weighted by Gasteiger charge is 2.23. The smallest absolute Gasteiger partial charge is 0.232 e. The molecular weight excluding hydrogens is 324 g/mol. The Morgan fingerprint density at radius 1 is 1.08 bits per heavy atom.